The van der Waals surface area contributed by atoms with Crippen LogP contribution in [0.2, 0.25) is 0 Å². The molecule has 1 atom stereocenters. The summed E-state index contributed by atoms with van der Waals surface area (Å²) in [5.74, 6) is 0.771. The molecular weight excluding hydrogens is 256 g/mol. The van der Waals surface area contributed by atoms with Crippen LogP contribution in [-0.2, 0) is 6.42 Å². The Morgan fingerprint density at radius 1 is 1.19 bits per heavy atom. The summed E-state index contributed by atoms with van der Waals surface area (Å²) in [5, 5.41) is 3.81. The van der Waals surface area contributed by atoms with Crippen molar-refractivity contribution in [2.45, 2.75) is 62.9 Å². The molecule has 1 aromatic carbocycles. The van der Waals surface area contributed by atoms with Gasteiger partial charge in [-0.25, -0.2) is 0 Å². The van der Waals surface area contributed by atoms with Crippen LogP contribution in [0.5, 0.6) is 0 Å². The number of hydrogen-bond acceptors (Lipinski definition) is 2. The summed E-state index contributed by atoms with van der Waals surface area (Å²) in [6, 6.07) is 9.04. The number of piperazine rings is 1. The normalized spacial score (nSPS) is 30.1. The van der Waals surface area contributed by atoms with Crippen LogP contribution < -0.4 is 5.32 Å². The van der Waals surface area contributed by atoms with Crippen molar-refractivity contribution in [3.8, 4) is 0 Å². The minimum absolute atomic E-state index is 0.261. The predicted octanol–water partition coefficient (Wildman–Crippen LogP) is 3.32. The zero-order chi connectivity index (χ0) is 14.5. The van der Waals surface area contributed by atoms with Crippen LogP contribution >= 0.6 is 0 Å². The molecule has 1 N–H and O–H groups in total. The molecule has 114 valence electrons. The molecule has 1 saturated carbocycles. The number of hydrogen-bond donors (Lipinski definition) is 1. The maximum absolute atomic E-state index is 3.81. The molecule has 1 spiro atoms. The van der Waals surface area contributed by atoms with Crippen molar-refractivity contribution in [2.24, 2.45) is 0 Å². The lowest BCUT2D eigenvalue weighted by atomic mass is 9.76. The van der Waals surface area contributed by atoms with Crippen LogP contribution in [0.25, 0.3) is 0 Å². The second-order valence-corrected chi connectivity index (χ2v) is 8.15. The van der Waals surface area contributed by atoms with Crippen molar-refractivity contribution >= 4 is 0 Å². The van der Waals surface area contributed by atoms with Gasteiger partial charge in [0.15, 0.2) is 0 Å². The topological polar surface area (TPSA) is 15.3 Å². The maximum Gasteiger partial charge on any atom is 0.0335 e. The third kappa shape index (κ3) is 2.33. The molecule has 1 unspecified atom stereocenters. The van der Waals surface area contributed by atoms with E-state index >= 15 is 0 Å². The molecule has 3 aliphatic rings. The minimum Gasteiger partial charge on any atom is -0.309 e. The second kappa shape index (κ2) is 4.82. The molecular formula is C19H28N2. The first kappa shape index (κ1) is 13.8. The Hall–Kier alpha value is -0.860. The lowest BCUT2D eigenvalue weighted by Gasteiger charge is -2.53. The summed E-state index contributed by atoms with van der Waals surface area (Å²) < 4.78 is 0. The third-order valence-electron chi connectivity index (χ3n) is 6.09. The van der Waals surface area contributed by atoms with E-state index in [2.05, 4.69) is 48.3 Å². The lowest BCUT2D eigenvalue weighted by molar-refractivity contribution is 0.0124. The highest BCUT2D eigenvalue weighted by Gasteiger charge is 2.46. The molecule has 1 aromatic rings. The molecule has 0 radical (unpaired) electrons. The number of nitrogens with zero attached hydrogens (tertiary/aromatic N) is 1. The van der Waals surface area contributed by atoms with Gasteiger partial charge in [-0.1, -0.05) is 37.1 Å². The molecule has 2 nitrogen and oxygen atoms in total. The van der Waals surface area contributed by atoms with E-state index < -0.39 is 0 Å². The van der Waals surface area contributed by atoms with E-state index in [1.165, 1.54) is 51.7 Å². The Kier molecular flexibility index (Phi) is 3.16. The van der Waals surface area contributed by atoms with Crippen molar-refractivity contribution in [3.63, 3.8) is 0 Å². The molecule has 2 heteroatoms. The highest BCUT2D eigenvalue weighted by molar-refractivity contribution is 5.40. The van der Waals surface area contributed by atoms with Crippen LogP contribution in [0.15, 0.2) is 24.3 Å². The fraction of sp³-hybridized carbons (Fsp3) is 0.684. The van der Waals surface area contributed by atoms with Crippen molar-refractivity contribution in [1.82, 2.24) is 10.2 Å². The average molecular weight is 284 g/mol. The Morgan fingerprint density at radius 3 is 2.71 bits per heavy atom. The van der Waals surface area contributed by atoms with Gasteiger partial charge in [-0.05, 0) is 44.2 Å². The molecule has 0 aromatic heterocycles. The van der Waals surface area contributed by atoms with E-state index in [0.29, 0.717) is 5.54 Å². The van der Waals surface area contributed by atoms with E-state index in [1.54, 1.807) is 11.1 Å². The molecule has 2 fully saturated rings. The SMILES string of the molecule is CC1(C)CN(CC2Cc3ccccc32)C2(CCCC2)CN1. The molecule has 0 bridgehead atoms. The fourth-order valence-electron chi connectivity index (χ4n) is 4.79. The lowest BCUT2D eigenvalue weighted by Crippen LogP contribution is -2.68. The fourth-order valence-corrected chi connectivity index (χ4v) is 4.79. The predicted molar refractivity (Wildman–Crippen MR) is 87.7 cm³/mol. The van der Waals surface area contributed by atoms with Crippen molar-refractivity contribution < 1.29 is 0 Å². The van der Waals surface area contributed by atoms with Gasteiger partial charge in [-0.15, -0.1) is 0 Å². The number of nitrogens with one attached hydrogen (secondary N) is 1. The van der Waals surface area contributed by atoms with E-state index in [9.17, 15) is 0 Å². The highest BCUT2D eigenvalue weighted by Crippen LogP contribution is 2.42. The van der Waals surface area contributed by atoms with Crippen LogP contribution in [0, 0.1) is 0 Å². The standard InChI is InChI=1S/C19H28N2/c1-18(2)14-21(19(13-20-18)9-5-6-10-19)12-16-11-15-7-3-4-8-17(15)16/h3-4,7-8,16,20H,5-6,9-14H2,1-2H3. The quantitative estimate of drug-likeness (QED) is 0.896. The van der Waals surface area contributed by atoms with Crippen molar-refractivity contribution in [2.75, 3.05) is 19.6 Å². The van der Waals surface area contributed by atoms with Gasteiger partial charge in [0.05, 0.1) is 0 Å². The van der Waals surface area contributed by atoms with Crippen molar-refractivity contribution in [1.29, 1.82) is 0 Å². The Bertz CT molecular complexity index is 528. The first-order valence-electron chi connectivity index (χ1n) is 8.66. The Labute approximate surface area is 128 Å². The van der Waals surface area contributed by atoms with Gasteiger partial charge in [0.1, 0.15) is 0 Å². The van der Waals surface area contributed by atoms with Crippen LogP contribution in [-0.4, -0.2) is 35.6 Å². The molecule has 1 saturated heterocycles. The monoisotopic (exact) mass is 284 g/mol. The first-order chi connectivity index (χ1) is 10.1. The zero-order valence-corrected chi connectivity index (χ0v) is 13.5. The summed E-state index contributed by atoms with van der Waals surface area (Å²) in [5.41, 5.74) is 3.91. The van der Waals surface area contributed by atoms with E-state index in [4.69, 9.17) is 0 Å². The van der Waals surface area contributed by atoms with E-state index in [-0.39, 0.29) is 5.54 Å². The molecule has 1 aliphatic heterocycles. The summed E-state index contributed by atoms with van der Waals surface area (Å²) in [4.78, 5) is 2.86. The van der Waals surface area contributed by atoms with Gasteiger partial charge in [-0.3, -0.25) is 4.90 Å². The molecule has 0 amide bonds. The van der Waals surface area contributed by atoms with Gasteiger partial charge in [-0.2, -0.15) is 0 Å². The van der Waals surface area contributed by atoms with E-state index in [0.717, 1.165) is 5.92 Å². The van der Waals surface area contributed by atoms with E-state index in [1.807, 2.05) is 0 Å². The van der Waals surface area contributed by atoms with Gasteiger partial charge in [0, 0.05) is 36.6 Å². The summed E-state index contributed by atoms with van der Waals surface area (Å²) in [7, 11) is 0. The van der Waals surface area contributed by atoms with Crippen LogP contribution in [0.4, 0.5) is 0 Å². The zero-order valence-electron chi connectivity index (χ0n) is 13.5. The largest absolute Gasteiger partial charge is 0.309 e. The second-order valence-electron chi connectivity index (χ2n) is 8.15. The highest BCUT2D eigenvalue weighted by atomic mass is 15.3. The molecule has 2 aliphatic carbocycles. The third-order valence-corrected chi connectivity index (χ3v) is 6.09. The Morgan fingerprint density at radius 2 is 1.95 bits per heavy atom. The minimum atomic E-state index is 0.261. The van der Waals surface area contributed by atoms with Gasteiger partial charge in [0.25, 0.3) is 0 Å². The maximum atomic E-state index is 3.81. The molecule has 4 rings (SSSR count). The van der Waals surface area contributed by atoms with Gasteiger partial charge >= 0.3 is 0 Å². The number of fused-ring (bicyclic) bond motifs is 1. The van der Waals surface area contributed by atoms with Crippen LogP contribution in [0.3, 0.4) is 0 Å². The summed E-state index contributed by atoms with van der Waals surface area (Å²) >= 11 is 0. The number of benzene rings is 1. The first-order valence-corrected chi connectivity index (χ1v) is 8.66. The van der Waals surface area contributed by atoms with Crippen LogP contribution in [0.1, 0.15) is 56.6 Å². The smallest absolute Gasteiger partial charge is 0.0335 e. The van der Waals surface area contributed by atoms with Crippen molar-refractivity contribution in [3.05, 3.63) is 35.4 Å². The molecule has 21 heavy (non-hydrogen) atoms. The van der Waals surface area contributed by atoms with Gasteiger partial charge in [0.2, 0.25) is 0 Å². The summed E-state index contributed by atoms with van der Waals surface area (Å²) in [6.07, 6.45) is 6.91. The van der Waals surface area contributed by atoms with Gasteiger partial charge < -0.3 is 5.32 Å². The number of rotatable bonds is 2. The summed E-state index contributed by atoms with van der Waals surface area (Å²) in [6.45, 7) is 8.37. The average Bonchev–Trinajstić information content (AvgIpc) is 2.90. The molecule has 1 heterocycles. The Balaban J connectivity index is 1.54.